The topological polar surface area (TPSA) is 38.2 Å². The number of nitrogens with zero attached hydrogens (tertiary/aromatic N) is 3. The lowest BCUT2D eigenvalue weighted by molar-refractivity contribution is 0.326. The van der Waals surface area contributed by atoms with Gasteiger partial charge in [-0.3, -0.25) is 0 Å². The summed E-state index contributed by atoms with van der Waals surface area (Å²) in [5.41, 5.74) is 0. The summed E-state index contributed by atoms with van der Waals surface area (Å²) >= 11 is 0. The summed E-state index contributed by atoms with van der Waals surface area (Å²) in [6, 6.07) is 2.50. The third-order valence-corrected chi connectivity index (χ3v) is 2.77. The molecule has 1 unspecified atom stereocenters. The Bertz CT molecular complexity index is 329. The highest BCUT2D eigenvalue weighted by Crippen LogP contribution is 2.24. The number of ether oxygens (including phenoxy) is 1. The SMILES string of the molecule is CCOc1cc(N2CCCC2C)ncn1. The van der Waals surface area contributed by atoms with Crippen LogP contribution in [0.5, 0.6) is 5.88 Å². The average Bonchev–Trinajstić information content (AvgIpc) is 2.65. The summed E-state index contributed by atoms with van der Waals surface area (Å²) < 4.78 is 5.36. The van der Waals surface area contributed by atoms with Crippen LogP contribution in [0.3, 0.4) is 0 Å². The number of aromatic nitrogens is 2. The van der Waals surface area contributed by atoms with Crippen LogP contribution in [-0.4, -0.2) is 29.2 Å². The van der Waals surface area contributed by atoms with Crippen LogP contribution in [0, 0.1) is 0 Å². The first-order valence-electron chi connectivity index (χ1n) is 5.52. The molecular formula is C11H17N3O. The van der Waals surface area contributed by atoms with Crippen molar-refractivity contribution in [1.82, 2.24) is 9.97 Å². The van der Waals surface area contributed by atoms with Gasteiger partial charge in [-0.2, -0.15) is 0 Å². The monoisotopic (exact) mass is 207 g/mol. The molecular weight excluding hydrogens is 190 g/mol. The molecule has 0 N–H and O–H groups in total. The van der Waals surface area contributed by atoms with E-state index < -0.39 is 0 Å². The Morgan fingerprint density at radius 1 is 1.53 bits per heavy atom. The molecule has 2 heterocycles. The molecule has 15 heavy (non-hydrogen) atoms. The summed E-state index contributed by atoms with van der Waals surface area (Å²) in [7, 11) is 0. The van der Waals surface area contributed by atoms with Crippen LogP contribution in [0.25, 0.3) is 0 Å². The normalized spacial score (nSPS) is 20.7. The molecule has 2 rings (SSSR count). The van der Waals surface area contributed by atoms with Crippen molar-refractivity contribution in [3.63, 3.8) is 0 Å². The fourth-order valence-corrected chi connectivity index (χ4v) is 1.99. The lowest BCUT2D eigenvalue weighted by atomic mass is 10.2. The van der Waals surface area contributed by atoms with E-state index in [1.165, 1.54) is 12.8 Å². The molecule has 1 saturated heterocycles. The number of rotatable bonds is 3. The minimum Gasteiger partial charge on any atom is -0.478 e. The van der Waals surface area contributed by atoms with E-state index in [-0.39, 0.29) is 0 Å². The van der Waals surface area contributed by atoms with Gasteiger partial charge in [0.15, 0.2) is 0 Å². The lowest BCUT2D eigenvalue weighted by Gasteiger charge is -2.22. The van der Waals surface area contributed by atoms with Gasteiger partial charge in [0.05, 0.1) is 6.61 Å². The fraction of sp³-hybridized carbons (Fsp3) is 0.636. The molecule has 1 atom stereocenters. The maximum atomic E-state index is 5.36. The second-order valence-electron chi connectivity index (χ2n) is 3.83. The molecule has 0 aliphatic carbocycles. The van der Waals surface area contributed by atoms with E-state index >= 15 is 0 Å². The standard InChI is InChI=1S/C11H17N3O/c1-3-15-11-7-10(12-8-13-11)14-6-4-5-9(14)2/h7-9H,3-6H2,1-2H3. The van der Waals surface area contributed by atoms with Crippen molar-refractivity contribution in [1.29, 1.82) is 0 Å². The summed E-state index contributed by atoms with van der Waals surface area (Å²) in [6.45, 7) is 5.92. The van der Waals surface area contributed by atoms with E-state index in [0.29, 0.717) is 18.5 Å². The summed E-state index contributed by atoms with van der Waals surface area (Å²) in [5.74, 6) is 1.65. The lowest BCUT2D eigenvalue weighted by Crippen LogP contribution is -2.27. The Labute approximate surface area is 90.3 Å². The van der Waals surface area contributed by atoms with Crippen LogP contribution >= 0.6 is 0 Å². The highest BCUT2D eigenvalue weighted by Gasteiger charge is 2.21. The molecule has 0 amide bonds. The first kappa shape index (κ1) is 10.2. The van der Waals surface area contributed by atoms with Crippen molar-refractivity contribution in [2.24, 2.45) is 0 Å². The number of hydrogen-bond acceptors (Lipinski definition) is 4. The molecule has 82 valence electrons. The van der Waals surface area contributed by atoms with Gasteiger partial charge < -0.3 is 9.64 Å². The molecule has 1 aliphatic heterocycles. The Morgan fingerprint density at radius 3 is 3.07 bits per heavy atom. The summed E-state index contributed by atoms with van der Waals surface area (Å²) in [6.07, 6.45) is 4.06. The van der Waals surface area contributed by atoms with Crippen LogP contribution in [0.15, 0.2) is 12.4 Å². The van der Waals surface area contributed by atoms with Crippen molar-refractivity contribution >= 4 is 5.82 Å². The van der Waals surface area contributed by atoms with Gasteiger partial charge in [0, 0.05) is 18.7 Å². The van der Waals surface area contributed by atoms with Crippen LogP contribution in [-0.2, 0) is 0 Å². The van der Waals surface area contributed by atoms with Gasteiger partial charge in [0.25, 0.3) is 0 Å². The van der Waals surface area contributed by atoms with Crippen molar-refractivity contribution in [2.75, 3.05) is 18.1 Å². The molecule has 1 fully saturated rings. The minimum atomic E-state index is 0.578. The molecule has 1 aromatic heterocycles. The number of anilines is 1. The predicted molar refractivity (Wildman–Crippen MR) is 59.2 cm³/mol. The van der Waals surface area contributed by atoms with Gasteiger partial charge in [-0.1, -0.05) is 0 Å². The smallest absolute Gasteiger partial charge is 0.218 e. The molecule has 4 heteroatoms. The Kier molecular flexibility index (Phi) is 3.04. The summed E-state index contributed by atoms with van der Waals surface area (Å²) in [5, 5.41) is 0. The van der Waals surface area contributed by atoms with E-state index in [2.05, 4.69) is 21.8 Å². The zero-order chi connectivity index (χ0) is 10.7. The van der Waals surface area contributed by atoms with Crippen molar-refractivity contribution in [3.8, 4) is 5.88 Å². The van der Waals surface area contributed by atoms with Crippen molar-refractivity contribution in [3.05, 3.63) is 12.4 Å². The first-order chi connectivity index (χ1) is 7.31. The maximum absolute atomic E-state index is 5.36. The molecule has 1 aliphatic rings. The van der Waals surface area contributed by atoms with Gasteiger partial charge in [-0.25, -0.2) is 9.97 Å². The third-order valence-electron chi connectivity index (χ3n) is 2.77. The van der Waals surface area contributed by atoms with Crippen LogP contribution in [0.4, 0.5) is 5.82 Å². The van der Waals surface area contributed by atoms with E-state index in [0.717, 1.165) is 12.4 Å². The minimum absolute atomic E-state index is 0.578. The van der Waals surface area contributed by atoms with Gasteiger partial charge in [0.1, 0.15) is 12.1 Å². The Hall–Kier alpha value is -1.32. The van der Waals surface area contributed by atoms with Crippen molar-refractivity contribution in [2.45, 2.75) is 32.7 Å². The molecule has 0 saturated carbocycles. The molecule has 0 aromatic carbocycles. The molecule has 0 spiro atoms. The molecule has 4 nitrogen and oxygen atoms in total. The third kappa shape index (κ3) is 2.19. The Morgan fingerprint density at radius 2 is 2.40 bits per heavy atom. The predicted octanol–water partition coefficient (Wildman–Crippen LogP) is 1.86. The van der Waals surface area contributed by atoms with Gasteiger partial charge in [-0.15, -0.1) is 0 Å². The first-order valence-corrected chi connectivity index (χ1v) is 5.52. The van der Waals surface area contributed by atoms with Gasteiger partial charge in [-0.05, 0) is 26.7 Å². The quantitative estimate of drug-likeness (QED) is 0.758. The largest absolute Gasteiger partial charge is 0.478 e. The van der Waals surface area contributed by atoms with Crippen LogP contribution < -0.4 is 9.64 Å². The maximum Gasteiger partial charge on any atom is 0.218 e. The van der Waals surface area contributed by atoms with Crippen LogP contribution in [0.2, 0.25) is 0 Å². The second kappa shape index (κ2) is 4.47. The van der Waals surface area contributed by atoms with E-state index in [9.17, 15) is 0 Å². The average molecular weight is 207 g/mol. The highest BCUT2D eigenvalue weighted by molar-refractivity contribution is 5.42. The van der Waals surface area contributed by atoms with Gasteiger partial charge >= 0.3 is 0 Å². The number of hydrogen-bond donors (Lipinski definition) is 0. The summed E-state index contributed by atoms with van der Waals surface area (Å²) in [4.78, 5) is 10.7. The fourth-order valence-electron chi connectivity index (χ4n) is 1.99. The zero-order valence-electron chi connectivity index (χ0n) is 9.31. The second-order valence-corrected chi connectivity index (χ2v) is 3.83. The molecule has 1 aromatic rings. The Balaban J connectivity index is 2.16. The van der Waals surface area contributed by atoms with Crippen molar-refractivity contribution < 1.29 is 4.74 Å². The van der Waals surface area contributed by atoms with E-state index in [4.69, 9.17) is 4.74 Å². The van der Waals surface area contributed by atoms with Gasteiger partial charge in [0.2, 0.25) is 5.88 Å². The van der Waals surface area contributed by atoms with Crippen LogP contribution in [0.1, 0.15) is 26.7 Å². The zero-order valence-corrected chi connectivity index (χ0v) is 9.31. The highest BCUT2D eigenvalue weighted by atomic mass is 16.5. The van der Waals surface area contributed by atoms with E-state index in [1.54, 1.807) is 6.33 Å². The molecule has 0 radical (unpaired) electrons. The van der Waals surface area contributed by atoms with E-state index in [1.807, 2.05) is 13.0 Å². The molecule has 0 bridgehead atoms.